The highest BCUT2D eigenvalue weighted by Gasteiger charge is 2.36. The Morgan fingerprint density at radius 2 is 2.08 bits per heavy atom. The van der Waals surface area contributed by atoms with Crippen molar-refractivity contribution in [3.8, 4) is 11.0 Å². The van der Waals surface area contributed by atoms with Gasteiger partial charge in [0.25, 0.3) is 0 Å². The molecule has 0 aromatic carbocycles. The van der Waals surface area contributed by atoms with Crippen LogP contribution < -0.4 is 20.4 Å². The molecule has 1 amide bonds. The molecule has 0 bridgehead atoms. The first-order valence-corrected chi connectivity index (χ1v) is 12.3. The number of aryl methyl sites for hydroxylation is 1. The molecule has 4 aromatic heterocycles. The first kappa shape index (κ1) is 25.3. The molecule has 1 aliphatic heterocycles. The fraction of sp³-hybridized carbons (Fsp3) is 0.304. The molecule has 5 rings (SSSR count). The highest BCUT2D eigenvalue weighted by Crippen LogP contribution is 2.29. The zero-order valence-corrected chi connectivity index (χ0v) is 21.1. The average molecular weight is 544 g/mol. The number of hydrogen-bond acceptors (Lipinski definition) is 10. The number of carboxylic acids is 1. The number of rotatable bonds is 9. The van der Waals surface area contributed by atoms with E-state index in [1.165, 1.54) is 26.8 Å². The largest absolute Gasteiger partial charge is 0.477 e. The van der Waals surface area contributed by atoms with Gasteiger partial charge >= 0.3 is 5.97 Å². The maximum absolute atomic E-state index is 15.1. The second-order valence-electron chi connectivity index (χ2n) is 8.45. The maximum atomic E-state index is 15.1. The molecule has 15 heteroatoms. The van der Waals surface area contributed by atoms with Gasteiger partial charge in [-0.2, -0.15) is 5.10 Å². The molecule has 0 radical (unpaired) electrons. The van der Waals surface area contributed by atoms with Crippen molar-refractivity contribution in [2.75, 3.05) is 43.6 Å². The van der Waals surface area contributed by atoms with Gasteiger partial charge in [0, 0.05) is 51.1 Å². The van der Waals surface area contributed by atoms with Gasteiger partial charge in [-0.05, 0) is 6.07 Å². The van der Waals surface area contributed by atoms with Crippen molar-refractivity contribution in [3.63, 3.8) is 0 Å². The third kappa shape index (κ3) is 4.68. The van der Waals surface area contributed by atoms with E-state index in [1.807, 2.05) is 0 Å². The average Bonchev–Trinajstić information content (AvgIpc) is 3.49. The molecular weight excluding hydrogens is 521 g/mol. The molecule has 5 heterocycles. The number of nitrogens with one attached hydrogen (secondary N) is 1. The number of aromatic nitrogens is 5. The van der Waals surface area contributed by atoms with Gasteiger partial charge in [0.2, 0.25) is 17.2 Å². The Kier molecular flexibility index (Phi) is 6.77. The molecule has 1 saturated heterocycles. The van der Waals surface area contributed by atoms with Gasteiger partial charge in [0.15, 0.2) is 28.2 Å². The zero-order chi connectivity index (χ0) is 27.0. The predicted octanol–water partition coefficient (Wildman–Crippen LogP) is 1.51. The van der Waals surface area contributed by atoms with Crippen LogP contribution in [0.5, 0.6) is 5.88 Å². The van der Waals surface area contributed by atoms with Crippen LogP contribution in [0.3, 0.4) is 0 Å². The van der Waals surface area contributed by atoms with Gasteiger partial charge in [0.05, 0.1) is 17.9 Å². The van der Waals surface area contributed by atoms with E-state index < -0.39 is 28.7 Å². The van der Waals surface area contributed by atoms with Crippen molar-refractivity contribution in [2.24, 2.45) is 13.0 Å². The molecular formula is C23H22FN7O6S. The van der Waals surface area contributed by atoms with Crippen molar-refractivity contribution in [1.29, 1.82) is 0 Å². The van der Waals surface area contributed by atoms with Gasteiger partial charge < -0.3 is 24.8 Å². The van der Waals surface area contributed by atoms with Crippen molar-refractivity contribution < 1.29 is 28.6 Å². The van der Waals surface area contributed by atoms with Gasteiger partial charge in [-0.1, -0.05) is 0 Å². The number of aromatic carboxylic acids is 1. The van der Waals surface area contributed by atoms with Crippen LogP contribution in [0, 0.1) is 11.7 Å². The van der Waals surface area contributed by atoms with E-state index in [-0.39, 0.29) is 35.8 Å². The maximum Gasteiger partial charge on any atom is 0.341 e. The molecule has 13 nitrogen and oxygen atoms in total. The van der Waals surface area contributed by atoms with Crippen LogP contribution in [-0.2, 0) is 16.6 Å². The van der Waals surface area contributed by atoms with Crippen LogP contribution in [0.2, 0.25) is 0 Å². The topological polar surface area (TPSA) is 154 Å². The van der Waals surface area contributed by atoms with Gasteiger partial charge in [-0.25, -0.2) is 23.8 Å². The third-order valence-corrected chi connectivity index (χ3v) is 6.72. The van der Waals surface area contributed by atoms with Crippen LogP contribution >= 0.6 is 11.3 Å². The molecule has 0 aliphatic carbocycles. The summed E-state index contributed by atoms with van der Waals surface area (Å²) in [6.45, 7) is 1.10. The number of amides is 1. The Hall–Kier alpha value is -4.37. The molecule has 0 unspecified atom stereocenters. The minimum Gasteiger partial charge on any atom is -0.477 e. The summed E-state index contributed by atoms with van der Waals surface area (Å²) in [5.41, 5.74) is -1.31. The Bertz CT molecular complexity index is 1580. The second kappa shape index (κ2) is 10.2. The number of carbonyl (C=O) groups is 2. The lowest BCUT2D eigenvalue weighted by atomic mass is 9.99. The summed E-state index contributed by atoms with van der Waals surface area (Å²) in [7, 11) is 3.25. The fourth-order valence-electron chi connectivity index (χ4n) is 3.99. The standard InChI is InChI=1S/C23H22FN7O6S/c1-29-17(37-5-4-36-2)8-16(28-29)26-21(33)12-9-30(10-12)20-15(24)7-13-18(32)14(22(34)35)11-31(19(13)27-20)23-25-3-6-38-23/h3,6-8,11-12H,4-5,9-10H2,1-2H3,(H,34,35)(H,26,28,33). The van der Waals surface area contributed by atoms with E-state index in [2.05, 4.69) is 20.4 Å². The second-order valence-corrected chi connectivity index (χ2v) is 9.32. The molecule has 0 saturated carbocycles. The summed E-state index contributed by atoms with van der Waals surface area (Å²) in [5.74, 6) is -2.26. The van der Waals surface area contributed by atoms with E-state index in [9.17, 15) is 19.5 Å². The summed E-state index contributed by atoms with van der Waals surface area (Å²) >= 11 is 1.20. The molecule has 2 N–H and O–H groups in total. The van der Waals surface area contributed by atoms with E-state index in [1.54, 1.807) is 30.5 Å². The number of anilines is 2. The summed E-state index contributed by atoms with van der Waals surface area (Å²) in [6, 6.07) is 2.57. The first-order valence-electron chi connectivity index (χ1n) is 11.4. The van der Waals surface area contributed by atoms with E-state index >= 15 is 4.39 Å². The van der Waals surface area contributed by atoms with Crippen molar-refractivity contribution >= 4 is 45.9 Å². The quantitative estimate of drug-likeness (QED) is 0.297. The van der Waals surface area contributed by atoms with E-state index in [4.69, 9.17) is 9.47 Å². The predicted molar refractivity (Wildman–Crippen MR) is 135 cm³/mol. The van der Waals surface area contributed by atoms with Crippen LogP contribution in [0.15, 0.2) is 34.7 Å². The monoisotopic (exact) mass is 543 g/mol. The number of methoxy groups -OCH3 is 1. The summed E-state index contributed by atoms with van der Waals surface area (Å²) in [4.78, 5) is 47.1. The molecule has 1 aliphatic rings. The number of hydrogen-bond donors (Lipinski definition) is 2. The Balaban J connectivity index is 1.35. The summed E-state index contributed by atoms with van der Waals surface area (Å²) in [6.07, 6.45) is 2.65. The summed E-state index contributed by atoms with van der Waals surface area (Å²) < 4.78 is 28.4. The Labute approximate surface area is 218 Å². The third-order valence-electron chi connectivity index (χ3n) is 5.95. The lowest BCUT2D eigenvalue weighted by Gasteiger charge is -2.39. The molecule has 1 fully saturated rings. The van der Waals surface area contributed by atoms with Gasteiger partial charge in [-0.15, -0.1) is 11.3 Å². The van der Waals surface area contributed by atoms with E-state index in [0.717, 1.165) is 12.3 Å². The highest BCUT2D eigenvalue weighted by atomic mass is 32.1. The smallest absolute Gasteiger partial charge is 0.341 e. The minimum atomic E-state index is -1.44. The number of carboxylic acid groups (broad SMARTS) is 1. The number of fused-ring (bicyclic) bond motifs is 1. The summed E-state index contributed by atoms with van der Waals surface area (Å²) in [5, 5.41) is 18.3. The van der Waals surface area contributed by atoms with Crippen LogP contribution in [0.4, 0.5) is 16.0 Å². The van der Waals surface area contributed by atoms with Crippen molar-refractivity contribution in [3.05, 3.63) is 51.5 Å². The Morgan fingerprint density at radius 3 is 2.76 bits per heavy atom. The lowest BCUT2D eigenvalue weighted by Crippen LogP contribution is -2.52. The number of carbonyl (C=O) groups excluding carboxylic acids is 1. The first-order chi connectivity index (χ1) is 18.3. The Morgan fingerprint density at radius 1 is 1.29 bits per heavy atom. The van der Waals surface area contributed by atoms with Gasteiger partial charge in [0.1, 0.15) is 12.2 Å². The lowest BCUT2D eigenvalue weighted by molar-refractivity contribution is -0.120. The number of pyridine rings is 2. The van der Waals surface area contributed by atoms with Crippen LogP contribution in [0.1, 0.15) is 10.4 Å². The van der Waals surface area contributed by atoms with Crippen molar-refractivity contribution in [1.82, 2.24) is 24.3 Å². The number of ether oxygens (including phenoxy) is 2. The van der Waals surface area contributed by atoms with Crippen LogP contribution in [-0.4, -0.2) is 74.7 Å². The molecule has 38 heavy (non-hydrogen) atoms. The normalized spacial score (nSPS) is 13.5. The fourth-order valence-corrected chi connectivity index (χ4v) is 4.61. The SMILES string of the molecule is COCCOc1cc(NC(=O)C2CN(c3nc4c(cc3F)c(=O)c(C(=O)O)cn4-c3nccs3)C2)nn1C. The molecule has 0 spiro atoms. The molecule has 4 aromatic rings. The highest BCUT2D eigenvalue weighted by molar-refractivity contribution is 7.12. The minimum absolute atomic E-state index is 0.0546. The zero-order valence-electron chi connectivity index (χ0n) is 20.3. The van der Waals surface area contributed by atoms with E-state index in [0.29, 0.717) is 30.0 Å². The number of nitrogens with zero attached hydrogens (tertiary/aromatic N) is 6. The van der Waals surface area contributed by atoms with Crippen LogP contribution in [0.25, 0.3) is 16.2 Å². The number of thiazole rings is 1. The molecule has 198 valence electrons. The number of halogens is 1. The van der Waals surface area contributed by atoms with Crippen molar-refractivity contribution in [2.45, 2.75) is 0 Å². The van der Waals surface area contributed by atoms with Gasteiger partial charge in [-0.3, -0.25) is 14.2 Å². The molecule has 0 atom stereocenters.